The highest BCUT2D eigenvalue weighted by atomic mass is 32.1. The van der Waals surface area contributed by atoms with Gasteiger partial charge in [0, 0.05) is 43.8 Å². The van der Waals surface area contributed by atoms with E-state index in [0.29, 0.717) is 6.54 Å². The van der Waals surface area contributed by atoms with Crippen molar-refractivity contribution >= 4 is 22.5 Å². The fraction of sp³-hybridized carbons (Fsp3) is 0.333. The molecule has 1 saturated heterocycles. The fourth-order valence-corrected chi connectivity index (χ4v) is 3.75. The highest BCUT2D eigenvalue weighted by Gasteiger charge is 2.21. The molecule has 27 heavy (non-hydrogen) atoms. The van der Waals surface area contributed by atoms with Crippen LogP contribution >= 0.6 is 11.5 Å². The molecule has 0 saturated carbocycles. The van der Waals surface area contributed by atoms with Crippen molar-refractivity contribution in [2.45, 2.75) is 13.5 Å². The van der Waals surface area contributed by atoms with E-state index in [-0.39, 0.29) is 11.4 Å². The van der Waals surface area contributed by atoms with E-state index in [1.165, 1.54) is 34.4 Å². The van der Waals surface area contributed by atoms with Crippen LogP contribution in [0.1, 0.15) is 11.4 Å². The zero-order valence-corrected chi connectivity index (χ0v) is 15.7. The van der Waals surface area contributed by atoms with Crippen LogP contribution in [0.5, 0.6) is 0 Å². The molecule has 7 nitrogen and oxygen atoms in total. The van der Waals surface area contributed by atoms with Gasteiger partial charge in [-0.1, -0.05) is 12.1 Å². The molecule has 0 amide bonds. The molecule has 0 radical (unpaired) electrons. The zero-order valence-electron chi connectivity index (χ0n) is 14.9. The van der Waals surface area contributed by atoms with Gasteiger partial charge in [0.25, 0.3) is 5.56 Å². The number of nitrogens with zero attached hydrogens (tertiary/aromatic N) is 6. The summed E-state index contributed by atoms with van der Waals surface area (Å²) in [7, 11) is 0. The van der Waals surface area contributed by atoms with Crippen molar-refractivity contribution in [3.8, 4) is 0 Å². The average Bonchev–Trinajstić information content (AvgIpc) is 3.12. The van der Waals surface area contributed by atoms with Crippen molar-refractivity contribution in [2.75, 3.05) is 36.0 Å². The van der Waals surface area contributed by atoms with E-state index in [2.05, 4.69) is 24.3 Å². The van der Waals surface area contributed by atoms with E-state index in [1.54, 1.807) is 18.2 Å². The van der Waals surface area contributed by atoms with Crippen molar-refractivity contribution in [1.82, 2.24) is 19.1 Å². The molecule has 0 atom stereocenters. The van der Waals surface area contributed by atoms with Crippen LogP contribution in [0, 0.1) is 12.7 Å². The molecule has 0 unspecified atom stereocenters. The van der Waals surface area contributed by atoms with Gasteiger partial charge in [0.1, 0.15) is 17.5 Å². The third-order valence-corrected chi connectivity index (χ3v) is 5.36. The molecule has 0 N–H and O–H groups in total. The predicted molar refractivity (Wildman–Crippen MR) is 103 cm³/mol. The van der Waals surface area contributed by atoms with Gasteiger partial charge >= 0.3 is 0 Å². The summed E-state index contributed by atoms with van der Waals surface area (Å²) in [6.07, 6.45) is 0. The first kappa shape index (κ1) is 17.6. The third-order valence-electron chi connectivity index (χ3n) is 4.49. The Bertz CT molecular complexity index is 978. The van der Waals surface area contributed by atoms with E-state index in [0.717, 1.165) is 48.5 Å². The molecule has 1 aliphatic heterocycles. The highest BCUT2D eigenvalue weighted by Crippen LogP contribution is 2.20. The van der Waals surface area contributed by atoms with E-state index in [1.807, 2.05) is 6.92 Å². The molecule has 3 heterocycles. The number of rotatable bonds is 4. The van der Waals surface area contributed by atoms with Crippen LogP contribution in [0.2, 0.25) is 0 Å². The van der Waals surface area contributed by atoms with Gasteiger partial charge in [-0.15, -0.1) is 0 Å². The van der Waals surface area contributed by atoms with Crippen molar-refractivity contribution in [3.05, 3.63) is 64.0 Å². The Morgan fingerprint density at radius 3 is 2.41 bits per heavy atom. The van der Waals surface area contributed by atoms with Gasteiger partial charge in [-0.3, -0.25) is 4.79 Å². The Balaban J connectivity index is 1.46. The topological polar surface area (TPSA) is 67.2 Å². The van der Waals surface area contributed by atoms with Crippen LogP contribution in [-0.2, 0) is 6.54 Å². The number of hydrogen-bond acceptors (Lipinski definition) is 7. The molecular weight excluding hydrogens is 367 g/mol. The summed E-state index contributed by atoms with van der Waals surface area (Å²) in [5, 5.41) is 5.45. The van der Waals surface area contributed by atoms with Gasteiger partial charge < -0.3 is 9.80 Å². The lowest BCUT2D eigenvalue weighted by atomic mass is 10.2. The van der Waals surface area contributed by atoms with E-state index in [4.69, 9.17) is 0 Å². The first-order chi connectivity index (χ1) is 13.1. The quantitative estimate of drug-likeness (QED) is 0.683. The summed E-state index contributed by atoms with van der Waals surface area (Å²) >= 11 is 1.42. The second kappa shape index (κ2) is 7.43. The predicted octanol–water partition coefficient (Wildman–Crippen LogP) is 1.92. The first-order valence-electron chi connectivity index (χ1n) is 8.71. The van der Waals surface area contributed by atoms with Crippen LogP contribution in [0.3, 0.4) is 0 Å². The van der Waals surface area contributed by atoms with Crippen LogP contribution in [0.15, 0.2) is 41.2 Å². The van der Waals surface area contributed by atoms with Crippen LogP contribution in [0.4, 0.5) is 15.3 Å². The molecule has 1 fully saturated rings. The van der Waals surface area contributed by atoms with Crippen LogP contribution in [0.25, 0.3) is 0 Å². The number of anilines is 2. The average molecular weight is 386 g/mol. The summed E-state index contributed by atoms with van der Waals surface area (Å²) in [6.45, 7) is 5.45. The van der Waals surface area contributed by atoms with Gasteiger partial charge in [-0.05, 0) is 30.7 Å². The molecular formula is C18H19FN6OS. The SMILES string of the molecule is Cc1nsc(N2CCN(c3ccc(=O)n(Cc4ccc(F)cc4)n3)CC2)n1. The van der Waals surface area contributed by atoms with Gasteiger partial charge in [0.15, 0.2) is 0 Å². The number of piperazine rings is 1. The fourth-order valence-electron chi connectivity index (χ4n) is 3.02. The summed E-state index contributed by atoms with van der Waals surface area (Å²) in [5.74, 6) is 1.27. The Kier molecular flexibility index (Phi) is 4.85. The summed E-state index contributed by atoms with van der Waals surface area (Å²) in [4.78, 5) is 21.0. The molecule has 0 aliphatic carbocycles. The molecule has 1 aliphatic rings. The minimum absolute atomic E-state index is 0.175. The van der Waals surface area contributed by atoms with Gasteiger partial charge in [0.05, 0.1) is 6.54 Å². The summed E-state index contributed by atoms with van der Waals surface area (Å²) < 4.78 is 18.7. The zero-order chi connectivity index (χ0) is 18.8. The molecule has 4 rings (SSSR count). The maximum Gasteiger partial charge on any atom is 0.267 e. The van der Waals surface area contributed by atoms with Crippen molar-refractivity contribution < 1.29 is 4.39 Å². The Labute approximate surface area is 159 Å². The van der Waals surface area contributed by atoms with Gasteiger partial charge in [0.2, 0.25) is 5.13 Å². The van der Waals surface area contributed by atoms with Crippen molar-refractivity contribution in [3.63, 3.8) is 0 Å². The number of halogens is 1. The molecule has 2 aromatic heterocycles. The van der Waals surface area contributed by atoms with Gasteiger partial charge in [-0.2, -0.15) is 9.47 Å². The first-order valence-corrected chi connectivity index (χ1v) is 9.49. The van der Waals surface area contributed by atoms with Crippen LogP contribution in [-0.4, -0.2) is 45.3 Å². The summed E-state index contributed by atoms with van der Waals surface area (Å²) in [6, 6.07) is 9.40. The molecule has 9 heteroatoms. The molecule has 140 valence electrons. The number of hydrogen-bond donors (Lipinski definition) is 0. The third kappa shape index (κ3) is 3.97. The number of aromatic nitrogens is 4. The van der Waals surface area contributed by atoms with E-state index >= 15 is 0 Å². The normalized spacial score (nSPS) is 14.6. The Hall–Kier alpha value is -2.81. The number of benzene rings is 1. The largest absolute Gasteiger partial charge is 0.352 e. The van der Waals surface area contributed by atoms with Crippen molar-refractivity contribution in [2.24, 2.45) is 0 Å². The highest BCUT2D eigenvalue weighted by molar-refractivity contribution is 7.09. The lowest BCUT2D eigenvalue weighted by Crippen LogP contribution is -2.47. The second-order valence-electron chi connectivity index (χ2n) is 6.41. The minimum Gasteiger partial charge on any atom is -0.352 e. The second-order valence-corrected chi connectivity index (χ2v) is 7.14. The molecule has 3 aromatic rings. The monoisotopic (exact) mass is 386 g/mol. The molecule has 1 aromatic carbocycles. The molecule has 0 spiro atoms. The minimum atomic E-state index is -0.295. The lowest BCUT2D eigenvalue weighted by Gasteiger charge is -2.35. The Morgan fingerprint density at radius 1 is 1.04 bits per heavy atom. The standard InChI is InChI=1S/C18H19FN6OS/c1-13-20-18(27-22-13)24-10-8-23(9-11-24)16-6-7-17(26)25(21-16)12-14-2-4-15(19)5-3-14/h2-7H,8-12H2,1H3. The smallest absolute Gasteiger partial charge is 0.267 e. The summed E-state index contributed by atoms with van der Waals surface area (Å²) in [5.41, 5.74) is 0.658. The molecule has 0 bridgehead atoms. The van der Waals surface area contributed by atoms with Crippen LogP contribution < -0.4 is 15.4 Å². The lowest BCUT2D eigenvalue weighted by molar-refractivity contribution is 0.598. The maximum atomic E-state index is 13.1. The van der Waals surface area contributed by atoms with E-state index < -0.39 is 0 Å². The van der Waals surface area contributed by atoms with Crippen molar-refractivity contribution in [1.29, 1.82) is 0 Å². The van der Waals surface area contributed by atoms with Gasteiger partial charge in [-0.25, -0.2) is 14.1 Å². The maximum absolute atomic E-state index is 13.1. The van der Waals surface area contributed by atoms with E-state index in [9.17, 15) is 9.18 Å². The number of aryl methyl sites for hydroxylation is 1. The Morgan fingerprint density at radius 2 is 1.74 bits per heavy atom.